The number of rotatable bonds is 7. The van der Waals surface area contributed by atoms with Crippen LogP contribution in [0.5, 0.6) is 0 Å². The summed E-state index contributed by atoms with van der Waals surface area (Å²) >= 11 is 1.34. The number of nitrogens with zero attached hydrogens (tertiary/aromatic N) is 2. The van der Waals surface area contributed by atoms with Crippen LogP contribution in [0.25, 0.3) is 11.4 Å². The molecule has 2 rings (SSSR count). The van der Waals surface area contributed by atoms with E-state index in [0.717, 1.165) is 24.2 Å². The summed E-state index contributed by atoms with van der Waals surface area (Å²) in [5, 5.41) is 10.6. The molecule has 22 heavy (non-hydrogen) atoms. The number of carbonyl (C=O) groups is 1. The lowest BCUT2D eigenvalue weighted by atomic mass is 10.1. The Balaban J connectivity index is 1.87. The Hall–Kier alpha value is -1.82. The lowest BCUT2D eigenvalue weighted by Gasteiger charge is -2.11. The monoisotopic (exact) mass is 318 g/mol. The van der Waals surface area contributed by atoms with E-state index in [4.69, 9.17) is 0 Å². The van der Waals surface area contributed by atoms with Crippen molar-refractivity contribution in [1.82, 2.24) is 20.5 Å². The average Bonchev–Trinajstić information content (AvgIpc) is 2.95. The van der Waals surface area contributed by atoms with Crippen molar-refractivity contribution in [2.24, 2.45) is 0 Å². The van der Waals surface area contributed by atoms with Gasteiger partial charge in [0.05, 0.1) is 5.75 Å². The molecule has 2 aromatic rings. The second kappa shape index (κ2) is 7.98. The smallest absolute Gasteiger partial charge is 0.230 e. The molecular weight excluding hydrogens is 296 g/mol. The maximum atomic E-state index is 11.8. The number of H-pyrrole nitrogens is 1. The number of thioether (sulfide) groups is 1. The van der Waals surface area contributed by atoms with Gasteiger partial charge in [0.2, 0.25) is 11.1 Å². The third kappa shape index (κ3) is 4.87. The van der Waals surface area contributed by atoms with Crippen molar-refractivity contribution >= 4 is 17.7 Å². The number of hydrogen-bond acceptors (Lipinski definition) is 4. The normalized spacial score (nSPS) is 12.1. The number of aromatic amines is 1. The zero-order valence-electron chi connectivity index (χ0n) is 13.2. The van der Waals surface area contributed by atoms with Crippen LogP contribution in [0.15, 0.2) is 29.4 Å². The number of amides is 1. The van der Waals surface area contributed by atoms with Crippen LogP contribution in [0.1, 0.15) is 32.3 Å². The summed E-state index contributed by atoms with van der Waals surface area (Å²) in [5.74, 6) is 1.08. The van der Waals surface area contributed by atoms with E-state index in [1.807, 2.05) is 38.1 Å². The van der Waals surface area contributed by atoms with Gasteiger partial charge in [-0.2, -0.15) is 0 Å². The van der Waals surface area contributed by atoms with Gasteiger partial charge in [0.1, 0.15) is 0 Å². The number of hydrogen-bond donors (Lipinski definition) is 2. The molecule has 1 atom stereocenters. The predicted molar refractivity (Wildman–Crippen MR) is 89.8 cm³/mol. The van der Waals surface area contributed by atoms with Crippen molar-refractivity contribution < 1.29 is 4.79 Å². The average molecular weight is 318 g/mol. The van der Waals surface area contributed by atoms with Crippen molar-refractivity contribution in [2.75, 3.05) is 5.75 Å². The fourth-order valence-electron chi connectivity index (χ4n) is 2.10. The van der Waals surface area contributed by atoms with Crippen molar-refractivity contribution in [3.05, 3.63) is 29.8 Å². The van der Waals surface area contributed by atoms with Gasteiger partial charge in [-0.25, -0.2) is 4.98 Å². The Morgan fingerprint density at radius 1 is 1.36 bits per heavy atom. The fourth-order valence-corrected chi connectivity index (χ4v) is 2.71. The lowest BCUT2D eigenvalue weighted by molar-refractivity contribution is -0.119. The summed E-state index contributed by atoms with van der Waals surface area (Å²) in [4.78, 5) is 16.2. The minimum Gasteiger partial charge on any atom is -0.353 e. The van der Waals surface area contributed by atoms with E-state index in [1.54, 1.807) is 0 Å². The van der Waals surface area contributed by atoms with Crippen LogP contribution in [0.2, 0.25) is 0 Å². The van der Waals surface area contributed by atoms with Gasteiger partial charge in [0.25, 0.3) is 0 Å². The fraction of sp³-hybridized carbons (Fsp3) is 0.438. The minimum atomic E-state index is 0.0210. The summed E-state index contributed by atoms with van der Waals surface area (Å²) in [5.41, 5.74) is 2.20. The van der Waals surface area contributed by atoms with E-state index in [2.05, 4.69) is 27.4 Å². The Kier molecular flexibility index (Phi) is 6.00. The van der Waals surface area contributed by atoms with E-state index in [9.17, 15) is 4.79 Å². The zero-order chi connectivity index (χ0) is 15.9. The summed E-state index contributed by atoms with van der Waals surface area (Å²) in [6.45, 7) is 6.18. The van der Waals surface area contributed by atoms with Crippen LogP contribution >= 0.6 is 11.8 Å². The van der Waals surface area contributed by atoms with Crippen LogP contribution in [0.3, 0.4) is 0 Å². The topological polar surface area (TPSA) is 70.7 Å². The van der Waals surface area contributed by atoms with Gasteiger partial charge in [-0.3, -0.25) is 9.89 Å². The molecule has 0 bridgehead atoms. The largest absolute Gasteiger partial charge is 0.353 e. The van der Waals surface area contributed by atoms with Gasteiger partial charge in [-0.15, -0.1) is 5.10 Å². The van der Waals surface area contributed by atoms with Crippen LogP contribution < -0.4 is 5.32 Å². The van der Waals surface area contributed by atoms with E-state index in [1.165, 1.54) is 17.3 Å². The highest BCUT2D eigenvalue weighted by molar-refractivity contribution is 7.99. The van der Waals surface area contributed by atoms with E-state index < -0.39 is 0 Å². The SMILES string of the molecule is CCC[C@@H](C)NC(=O)CSc1n[nH]c(-c2ccc(C)cc2)n1. The Morgan fingerprint density at radius 3 is 2.77 bits per heavy atom. The molecule has 0 aliphatic carbocycles. The molecule has 0 spiro atoms. The summed E-state index contributed by atoms with van der Waals surface area (Å²) in [6, 6.07) is 8.29. The standard InChI is InChI=1S/C16H22N4OS/c1-4-5-12(3)17-14(21)10-22-16-18-15(19-20-16)13-8-6-11(2)7-9-13/h6-9,12H,4-5,10H2,1-3H3,(H,17,21)(H,18,19,20)/t12-/m1/s1. The van der Waals surface area contributed by atoms with Gasteiger partial charge in [0.15, 0.2) is 5.82 Å². The van der Waals surface area contributed by atoms with Crippen LogP contribution in [0, 0.1) is 6.92 Å². The van der Waals surface area contributed by atoms with Crippen molar-refractivity contribution in [3.8, 4) is 11.4 Å². The molecule has 0 aliphatic rings. The first kappa shape index (κ1) is 16.5. The molecule has 1 aromatic heterocycles. The van der Waals surface area contributed by atoms with Gasteiger partial charge in [-0.1, -0.05) is 54.9 Å². The first-order chi connectivity index (χ1) is 10.6. The number of aromatic nitrogens is 3. The van der Waals surface area contributed by atoms with E-state index in [0.29, 0.717) is 10.9 Å². The minimum absolute atomic E-state index is 0.0210. The van der Waals surface area contributed by atoms with Crippen molar-refractivity contribution in [3.63, 3.8) is 0 Å². The molecule has 0 radical (unpaired) electrons. The second-order valence-corrected chi connectivity index (χ2v) is 6.32. The predicted octanol–water partition coefficient (Wildman–Crippen LogP) is 3.18. The summed E-state index contributed by atoms with van der Waals surface area (Å²) in [7, 11) is 0. The van der Waals surface area contributed by atoms with Crippen molar-refractivity contribution in [2.45, 2.75) is 44.8 Å². The van der Waals surface area contributed by atoms with Gasteiger partial charge in [0, 0.05) is 11.6 Å². The maximum Gasteiger partial charge on any atom is 0.230 e. The van der Waals surface area contributed by atoms with E-state index in [-0.39, 0.29) is 11.9 Å². The molecule has 0 saturated carbocycles. The highest BCUT2D eigenvalue weighted by Gasteiger charge is 2.10. The molecule has 0 unspecified atom stereocenters. The molecule has 1 aromatic carbocycles. The van der Waals surface area contributed by atoms with Gasteiger partial charge < -0.3 is 5.32 Å². The lowest BCUT2D eigenvalue weighted by Crippen LogP contribution is -2.33. The van der Waals surface area contributed by atoms with Crippen LogP contribution in [-0.4, -0.2) is 32.9 Å². The molecule has 0 fully saturated rings. The Bertz CT molecular complexity index is 609. The molecular formula is C16H22N4OS. The Labute approximate surface area is 135 Å². The summed E-state index contributed by atoms with van der Waals surface area (Å²) in [6.07, 6.45) is 2.06. The van der Waals surface area contributed by atoms with Gasteiger partial charge >= 0.3 is 0 Å². The highest BCUT2D eigenvalue weighted by Crippen LogP contribution is 2.19. The molecule has 1 amide bonds. The first-order valence-electron chi connectivity index (χ1n) is 7.50. The third-order valence-corrected chi connectivity index (χ3v) is 4.10. The van der Waals surface area contributed by atoms with Gasteiger partial charge in [-0.05, 0) is 20.3 Å². The number of carbonyl (C=O) groups excluding carboxylic acids is 1. The molecule has 6 heteroatoms. The summed E-state index contributed by atoms with van der Waals surface area (Å²) < 4.78 is 0. The zero-order valence-corrected chi connectivity index (χ0v) is 14.0. The highest BCUT2D eigenvalue weighted by atomic mass is 32.2. The Morgan fingerprint density at radius 2 is 2.09 bits per heavy atom. The number of benzene rings is 1. The number of nitrogens with one attached hydrogen (secondary N) is 2. The first-order valence-corrected chi connectivity index (χ1v) is 8.48. The molecule has 0 aliphatic heterocycles. The second-order valence-electron chi connectivity index (χ2n) is 5.38. The molecule has 5 nitrogen and oxygen atoms in total. The van der Waals surface area contributed by atoms with Crippen LogP contribution in [0.4, 0.5) is 0 Å². The quantitative estimate of drug-likeness (QED) is 0.769. The number of aryl methyl sites for hydroxylation is 1. The maximum absolute atomic E-state index is 11.8. The molecule has 2 N–H and O–H groups in total. The molecule has 1 heterocycles. The van der Waals surface area contributed by atoms with E-state index >= 15 is 0 Å². The third-order valence-electron chi connectivity index (χ3n) is 3.25. The van der Waals surface area contributed by atoms with Crippen LogP contribution in [-0.2, 0) is 4.79 Å². The molecule has 118 valence electrons. The van der Waals surface area contributed by atoms with Crippen molar-refractivity contribution in [1.29, 1.82) is 0 Å². The molecule has 0 saturated heterocycles.